The first-order chi connectivity index (χ1) is 9.79. The Morgan fingerprint density at radius 2 is 2.35 bits per heavy atom. The molecule has 108 valence electrons. The number of fused-ring (bicyclic) bond motifs is 1. The SMILES string of the molecule is CC(c1c[nH]c2ccc(OCCCl)cc12)C1CCCN1. The van der Waals surface area contributed by atoms with Crippen LogP contribution in [0.3, 0.4) is 0 Å². The van der Waals surface area contributed by atoms with Crippen molar-refractivity contribution < 1.29 is 4.74 Å². The summed E-state index contributed by atoms with van der Waals surface area (Å²) < 4.78 is 5.63. The molecular weight excluding hydrogens is 272 g/mol. The van der Waals surface area contributed by atoms with E-state index >= 15 is 0 Å². The Kier molecular flexibility index (Phi) is 4.18. The van der Waals surface area contributed by atoms with Crippen molar-refractivity contribution in [3.05, 3.63) is 30.0 Å². The summed E-state index contributed by atoms with van der Waals surface area (Å²) in [4.78, 5) is 3.37. The number of hydrogen-bond donors (Lipinski definition) is 2. The molecule has 0 aliphatic carbocycles. The molecule has 20 heavy (non-hydrogen) atoms. The van der Waals surface area contributed by atoms with Gasteiger partial charge < -0.3 is 15.0 Å². The Labute approximate surface area is 124 Å². The predicted octanol–water partition coefficient (Wildman–Crippen LogP) is 3.64. The van der Waals surface area contributed by atoms with Crippen molar-refractivity contribution in [2.24, 2.45) is 0 Å². The number of H-pyrrole nitrogens is 1. The highest BCUT2D eigenvalue weighted by Gasteiger charge is 2.24. The zero-order valence-corrected chi connectivity index (χ0v) is 12.5. The van der Waals surface area contributed by atoms with E-state index in [-0.39, 0.29) is 0 Å². The van der Waals surface area contributed by atoms with Crippen LogP contribution in [0.5, 0.6) is 5.75 Å². The van der Waals surface area contributed by atoms with Gasteiger partial charge in [0.2, 0.25) is 0 Å². The van der Waals surface area contributed by atoms with Crippen LogP contribution in [-0.4, -0.2) is 30.1 Å². The lowest BCUT2D eigenvalue weighted by atomic mass is 9.92. The van der Waals surface area contributed by atoms with Crippen LogP contribution in [0.1, 0.15) is 31.2 Å². The zero-order valence-electron chi connectivity index (χ0n) is 11.8. The molecule has 3 nitrogen and oxygen atoms in total. The Balaban J connectivity index is 1.89. The van der Waals surface area contributed by atoms with Crippen LogP contribution >= 0.6 is 11.6 Å². The summed E-state index contributed by atoms with van der Waals surface area (Å²) in [6.07, 6.45) is 4.68. The zero-order chi connectivity index (χ0) is 13.9. The summed E-state index contributed by atoms with van der Waals surface area (Å²) in [5, 5.41) is 4.86. The normalized spacial score (nSPS) is 20.4. The molecule has 0 saturated carbocycles. The molecule has 3 rings (SSSR count). The highest BCUT2D eigenvalue weighted by atomic mass is 35.5. The van der Waals surface area contributed by atoms with Gasteiger partial charge in [0.25, 0.3) is 0 Å². The van der Waals surface area contributed by atoms with Crippen molar-refractivity contribution in [2.45, 2.75) is 31.7 Å². The van der Waals surface area contributed by atoms with Gasteiger partial charge in [-0.2, -0.15) is 0 Å². The average molecular weight is 293 g/mol. The summed E-state index contributed by atoms with van der Waals surface area (Å²) in [5.74, 6) is 1.92. The smallest absolute Gasteiger partial charge is 0.120 e. The third kappa shape index (κ3) is 2.65. The van der Waals surface area contributed by atoms with Gasteiger partial charge in [-0.25, -0.2) is 0 Å². The molecule has 2 unspecified atom stereocenters. The number of nitrogens with one attached hydrogen (secondary N) is 2. The van der Waals surface area contributed by atoms with Gasteiger partial charge in [-0.05, 0) is 49.1 Å². The molecule has 2 heterocycles. The average Bonchev–Trinajstić information content (AvgIpc) is 3.13. The fraction of sp³-hybridized carbons (Fsp3) is 0.500. The van der Waals surface area contributed by atoms with Crippen molar-refractivity contribution >= 4 is 22.5 Å². The molecule has 2 atom stereocenters. The van der Waals surface area contributed by atoms with Crippen molar-refractivity contribution in [3.8, 4) is 5.75 Å². The van der Waals surface area contributed by atoms with Gasteiger partial charge in [0, 0.05) is 23.1 Å². The lowest BCUT2D eigenvalue weighted by Crippen LogP contribution is -2.27. The molecule has 0 bridgehead atoms. The second-order valence-electron chi connectivity index (χ2n) is 5.48. The van der Waals surface area contributed by atoms with E-state index in [0.717, 1.165) is 12.3 Å². The summed E-state index contributed by atoms with van der Waals surface area (Å²) in [6.45, 7) is 3.99. The largest absolute Gasteiger partial charge is 0.492 e. The lowest BCUT2D eigenvalue weighted by Gasteiger charge is -2.19. The van der Waals surface area contributed by atoms with Gasteiger partial charge in [0.05, 0.1) is 5.88 Å². The number of aromatic amines is 1. The van der Waals surface area contributed by atoms with Crippen LogP contribution in [0.15, 0.2) is 24.4 Å². The Bertz CT molecular complexity index is 575. The van der Waals surface area contributed by atoms with E-state index in [9.17, 15) is 0 Å². The number of hydrogen-bond acceptors (Lipinski definition) is 2. The van der Waals surface area contributed by atoms with Gasteiger partial charge >= 0.3 is 0 Å². The molecule has 2 N–H and O–H groups in total. The van der Waals surface area contributed by atoms with Crippen molar-refractivity contribution in [1.82, 2.24) is 10.3 Å². The second kappa shape index (κ2) is 6.06. The molecule has 4 heteroatoms. The van der Waals surface area contributed by atoms with E-state index in [1.807, 2.05) is 6.07 Å². The van der Waals surface area contributed by atoms with E-state index in [2.05, 4.69) is 35.6 Å². The minimum atomic E-state index is 0.509. The van der Waals surface area contributed by atoms with E-state index in [0.29, 0.717) is 24.4 Å². The van der Waals surface area contributed by atoms with Gasteiger partial charge in [-0.1, -0.05) is 6.92 Å². The fourth-order valence-electron chi connectivity index (χ4n) is 3.10. The van der Waals surface area contributed by atoms with Crippen LogP contribution in [0.4, 0.5) is 0 Å². The predicted molar refractivity (Wildman–Crippen MR) is 84.0 cm³/mol. The van der Waals surface area contributed by atoms with Crippen molar-refractivity contribution in [3.63, 3.8) is 0 Å². The van der Waals surface area contributed by atoms with Gasteiger partial charge in [-0.3, -0.25) is 0 Å². The minimum Gasteiger partial charge on any atom is -0.492 e. The Hall–Kier alpha value is -1.19. The fourth-order valence-corrected chi connectivity index (χ4v) is 3.18. The maximum absolute atomic E-state index is 5.68. The van der Waals surface area contributed by atoms with Crippen LogP contribution in [0.25, 0.3) is 10.9 Å². The molecule has 1 aliphatic heterocycles. The quantitative estimate of drug-likeness (QED) is 0.826. The topological polar surface area (TPSA) is 37.0 Å². The van der Waals surface area contributed by atoms with Crippen molar-refractivity contribution in [2.75, 3.05) is 19.0 Å². The van der Waals surface area contributed by atoms with E-state index < -0.39 is 0 Å². The summed E-state index contributed by atoms with van der Waals surface area (Å²) in [6, 6.07) is 6.78. The molecular formula is C16H21ClN2O. The molecule has 2 aromatic rings. The van der Waals surface area contributed by atoms with E-state index in [1.54, 1.807) is 0 Å². The first-order valence-corrected chi connectivity index (χ1v) is 7.86. The highest BCUT2D eigenvalue weighted by Crippen LogP contribution is 2.32. The Morgan fingerprint density at radius 1 is 1.45 bits per heavy atom. The third-order valence-corrected chi connectivity index (χ3v) is 4.38. The van der Waals surface area contributed by atoms with Gasteiger partial charge in [-0.15, -0.1) is 11.6 Å². The van der Waals surface area contributed by atoms with Crippen LogP contribution in [-0.2, 0) is 0 Å². The lowest BCUT2D eigenvalue weighted by molar-refractivity contribution is 0.343. The van der Waals surface area contributed by atoms with E-state index in [1.165, 1.54) is 29.3 Å². The molecule has 0 spiro atoms. The number of benzene rings is 1. The number of ether oxygens (including phenoxy) is 1. The Morgan fingerprint density at radius 3 is 3.10 bits per heavy atom. The summed E-state index contributed by atoms with van der Waals surface area (Å²) in [7, 11) is 0. The van der Waals surface area contributed by atoms with Crippen LogP contribution < -0.4 is 10.1 Å². The monoisotopic (exact) mass is 292 g/mol. The van der Waals surface area contributed by atoms with Crippen molar-refractivity contribution in [1.29, 1.82) is 0 Å². The standard InChI is InChI=1S/C16H21ClN2O/c1-11(15-3-2-7-18-15)14-10-19-16-5-4-12(9-13(14)16)20-8-6-17/h4-5,9-11,15,18-19H,2-3,6-8H2,1H3. The summed E-state index contributed by atoms with van der Waals surface area (Å²) in [5.41, 5.74) is 2.54. The number of alkyl halides is 1. The maximum Gasteiger partial charge on any atom is 0.120 e. The molecule has 1 aromatic heterocycles. The van der Waals surface area contributed by atoms with Gasteiger partial charge in [0.15, 0.2) is 0 Å². The number of halogens is 1. The molecule has 1 aromatic carbocycles. The third-order valence-electron chi connectivity index (χ3n) is 4.22. The second-order valence-corrected chi connectivity index (χ2v) is 5.86. The van der Waals surface area contributed by atoms with Crippen LogP contribution in [0, 0.1) is 0 Å². The molecule has 0 radical (unpaired) electrons. The number of aromatic nitrogens is 1. The first kappa shape index (κ1) is 13.8. The highest BCUT2D eigenvalue weighted by molar-refractivity contribution is 6.18. The van der Waals surface area contributed by atoms with E-state index in [4.69, 9.17) is 16.3 Å². The molecule has 1 saturated heterocycles. The first-order valence-electron chi connectivity index (χ1n) is 7.33. The maximum atomic E-state index is 5.68. The molecule has 1 aliphatic rings. The summed E-state index contributed by atoms with van der Waals surface area (Å²) >= 11 is 5.68. The number of rotatable bonds is 5. The molecule has 1 fully saturated rings. The van der Waals surface area contributed by atoms with Gasteiger partial charge in [0.1, 0.15) is 12.4 Å². The minimum absolute atomic E-state index is 0.509. The van der Waals surface area contributed by atoms with Crippen LogP contribution in [0.2, 0.25) is 0 Å². The molecule has 0 amide bonds.